The molecule has 0 aromatic heterocycles. The Hall–Kier alpha value is -2.30. The van der Waals surface area contributed by atoms with Crippen LogP contribution in [0.3, 0.4) is 0 Å². The van der Waals surface area contributed by atoms with Gasteiger partial charge in [0, 0.05) is 25.2 Å². The normalized spacial score (nSPS) is 20.4. The number of likely N-dealkylation sites (tertiary alicyclic amines) is 1. The maximum Gasteiger partial charge on any atom is 0.265 e. The number of rotatable bonds is 8. The Labute approximate surface area is 176 Å². The van der Waals surface area contributed by atoms with Crippen LogP contribution in [0.15, 0.2) is 29.2 Å². The van der Waals surface area contributed by atoms with Gasteiger partial charge >= 0.3 is 0 Å². The van der Waals surface area contributed by atoms with Gasteiger partial charge in [0.05, 0.1) is 11.3 Å². The Kier molecular flexibility index (Phi) is 6.89. The third kappa shape index (κ3) is 4.88. The second-order valence-corrected chi connectivity index (χ2v) is 9.99. The lowest BCUT2D eigenvalue weighted by Gasteiger charge is -2.17. The molecule has 2 aliphatic rings. The molecular formula is C20H28N4O5S. The van der Waals surface area contributed by atoms with E-state index in [9.17, 15) is 22.8 Å². The fourth-order valence-electron chi connectivity index (χ4n) is 3.50. The minimum Gasteiger partial charge on any atom is -0.287 e. The minimum atomic E-state index is -3.54. The maximum atomic E-state index is 12.5. The number of hydrogen-bond donors (Lipinski definition) is 2. The summed E-state index contributed by atoms with van der Waals surface area (Å²) < 4.78 is 26.5. The van der Waals surface area contributed by atoms with Crippen LogP contribution in [0.4, 0.5) is 0 Å². The fraction of sp³-hybridized carbons (Fsp3) is 0.550. The molecule has 2 fully saturated rings. The molecule has 1 aromatic carbocycles. The predicted molar refractivity (Wildman–Crippen MR) is 110 cm³/mol. The Balaban J connectivity index is 1.56. The van der Waals surface area contributed by atoms with Gasteiger partial charge in [0.15, 0.2) is 0 Å². The zero-order valence-electron chi connectivity index (χ0n) is 17.3. The SMILES string of the molecule is CC(C)CCN1C(=O)C[C@@H](NNC(=O)c2ccc(S(=O)(=O)N3CCCC3)cc2)C1=O. The third-order valence-electron chi connectivity index (χ3n) is 5.35. The number of hydrogen-bond acceptors (Lipinski definition) is 6. The van der Waals surface area contributed by atoms with Crippen molar-refractivity contribution in [3.63, 3.8) is 0 Å². The first kappa shape index (κ1) is 22.4. The van der Waals surface area contributed by atoms with Crippen molar-refractivity contribution in [3.8, 4) is 0 Å². The van der Waals surface area contributed by atoms with Gasteiger partial charge in [-0.15, -0.1) is 0 Å². The van der Waals surface area contributed by atoms with E-state index in [0.717, 1.165) is 19.3 Å². The Bertz CT molecular complexity index is 908. The number of amides is 3. The number of imide groups is 1. The van der Waals surface area contributed by atoms with Gasteiger partial charge in [-0.05, 0) is 49.4 Å². The summed E-state index contributed by atoms with van der Waals surface area (Å²) in [7, 11) is -3.54. The molecule has 0 radical (unpaired) electrons. The fourth-order valence-corrected chi connectivity index (χ4v) is 5.02. The lowest BCUT2D eigenvalue weighted by molar-refractivity contribution is -0.139. The molecule has 9 nitrogen and oxygen atoms in total. The maximum absolute atomic E-state index is 12.5. The number of benzene rings is 1. The van der Waals surface area contributed by atoms with E-state index in [1.165, 1.54) is 33.5 Å². The van der Waals surface area contributed by atoms with Crippen molar-refractivity contribution in [2.75, 3.05) is 19.6 Å². The number of nitrogens with zero attached hydrogens (tertiary/aromatic N) is 2. The van der Waals surface area contributed by atoms with Gasteiger partial charge in [0.2, 0.25) is 21.8 Å². The van der Waals surface area contributed by atoms with Crippen LogP contribution in [0.5, 0.6) is 0 Å². The van der Waals surface area contributed by atoms with Crippen LogP contribution in [-0.4, -0.2) is 61.0 Å². The molecule has 0 bridgehead atoms. The summed E-state index contributed by atoms with van der Waals surface area (Å²) >= 11 is 0. The molecule has 2 N–H and O–H groups in total. The molecule has 30 heavy (non-hydrogen) atoms. The number of hydrazine groups is 1. The zero-order chi connectivity index (χ0) is 21.9. The van der Waals surface area contributed by atoms with Gasteiger partial charge in [-0.3, -0.25) is 24.7 Å². The summed E-state index contributed by atoms with van der Waals surface area (Å²) in [5, 5.41) is 0. The number of sulfonamides is 1. The van der Waals surface area contributed by atoms with E-state index >= 15 is 0 Å². The molecule has 2 saturated heterocycles. The quantitative estimate of drug-likeness (QED) is 0.462. The van der Waals surface area contributed by atoms with Crippen LogP contribution in [0.25, 0.3) is 0 Å². The first-order valence-corrected chi connectivity index (χ1v) is 11.6. The molecule has 0 unspecified atom stereocenters. The smallest absolute Gasteiger partial charge is 0.265 e. The number of nitrogens with one attached hydrogen (secondary N) is 2. The van der Waals surface area contributed by atoms with Gasteiger partial charge < -0.3 is 0 Å². The molecule has 0 aliphatic carbocycles. The van der Waals surface area contributed by atoms with Crippen molar-refractivity contribution in [2.24, 2.45) is 5.92 Å². The monoisotopic (exact) mass is 436 g/mol. The van der Waals surface area contributed by atoms with Crippen LogP contribution in [0, 0.1) is 5.92 Å². The van der Waals surface area contributed by atoms with Crippen LogP contribution >= 0.6 is 0 Å². The first-order valence-electron chi connectivity index (χ1n) is 10.2. The number of carbonyl (C=O) groups is 3. The average molecular weight is 437 g/mol. The zero-order valence-corrected chi connectivity index (χ0v) is 18.1. The van der Waals surface area contributed by atoms with Crippen molar-refractivity contribution >= 4 is 27.7 Å². The first-order chi connectivity index (χ1) is 14.2. The van der Waals surface area contributed by atoms with Crippen molar-refractivity contribution in [3.05, 3.63) is 29.8 Å². The molecule has 164 valence electrons. The van der Waals surface area contributed by atoms with Crippen molar-refractivity contribution in [1.82, 2.24) is 20.1 Å². The van der Waals surface area contributed by atoms with Crippen molar-refractivity contribution < 1.29 is 22.8 Å². The molecular weight excluding hydrogens is 408 g/mol. The van der Waals surface area contributed by atoms with Gasteiger partial charge in [0.1, 0.15) is 6.04 Å². The van der Waals surface area contributed by atoms with Crippen molar-refractivity contribution in [1.29, 1.82) is 0 Å². The second kappa shape index (κ2) is 9.23. The Morgan fingerprint density at radius 3 is 2.37 bits per heavy atom. The summed E-state index contributed by atoms with van der Waals surface area (Å²) in [6.45, 7) is 5.42. The largest absolute Gasteiger partial charge is 0.287 e. The average Bonchev–Trinajstić information content (AvgIpc) is 3.34. The van der Waals surface area contributed by atoms with E-state index in [0.29, 0.717) is 25.6 Å². The minimum absolute atomic E-state index is 0.00970. The molecule has 3 amide bonds. The van der Waals surface area contributed by atoms with Crippen LogP contribution in [-0.2, 0) is 19.6 Å². The van der Waals surface area contributed by atoms with E-state index in [2.05, 4.69) is 10.9 Å². The highest BCUT2D eigenvalue weighted by Gasteiger charge is 2.38. The summed E-state index contributed by atoms with van der Waals surface area (Å²) in [6, 6.07) is 4.86. The molecule has 2 aliphatic heterocycles. The second-order valence-electron chi connectivity index (χ2n) is 8.06. The molecule has 3 rings (SSSR count). The number of carbonyl (C=O) groups excluding carboxylic acids is 3. The summed E-state index contributed by atoms with van der Waals surface area (Å²) in [5.41, 5.74) is 5.32. The third-order valence-corrected chi connectivity index (χ3v) is 7.27. The topological polar surface area (TPSA) is 116 Å². The lowest BCUT2D eigenvalue weighted by Crippen LogP contribution is -2.48. The highest BCUT2D eigenvalue weighted by Crippen LogP contribution is 2.21. The summed E-state index contributed by atoms with van der Waals surface area (Å²) in [6.07, 6.45) is 2.42. The van der Waals surface area contributed by atoms with E-state index < -0.39 is 22.0 Å². The molecule has 0 saturated carbocycles. The summed E-state index contributed by atoms with van der Waals surface area (Å²) in [5.74, 6) is -0.757. The predicted octanol–water partition coefficient (Wildman–Crippen LogP) is 0.879. The van der Waals surface area contributed by atoms with Crippen LogP contribution in [0.2, 0.25) is 0 Å². The van der Waals surface area contributed by atoms with E-state index in [1.807, 2.05) is 13.8 Å². The molecule has 1 aromatic rings. The lowest BCUT2D eigenvalue weighted by atomic mass is 10.1. The molecule has 10 heteroatoms. The standard InChI is InChI=1S/C20H28N4O5S/c1-14(2)9-12-24-18(25)13-17(20(24)27)21-22-19(26)15-5-7-16(8-6-15)30(28,29)23-10-3-4-11-23/h5-8,14,17,21H,3-4,9-13H2,1-2H3,(H,22,26)/t17-/m1/s1. The Morgan fingerprint density at radius 2 is 1.77 bits per heavy atom. The van der Waals surface area contributed by atoms with Gasteiger partial charge in [-0.1, -0.05) is 13.8 Å². The van der Waals surface area contributed by atoms with Gasteiger partial charge in [-0.25, -0.2) is 13.8 Å². The van der Waals surface area contributed by atoms with Crippen molar-refractivity contribution in [2.45, 2.75) is 50.5 Å². The van der Waals surface area contributed by atoms with Gasteiger partial charge in [-0.2, -0.15) is 4.31 Å². The highest BCUT2D eigenvalue weighted by atomic mass is 32.2. The summed E-state index contributed by atoms with van der Waals surface area (Å²) in [4.78, 5) is 38.2. The van der Waals surface area contributed by atoms with Gasteiger partial charge in [0.25, 0.3) is 5.91 Å². The van der Waals surface area contributed by atoms with Crippen LogP contribution < -0.4 is 10.9 Å². The van der Waals surface area contributed by atoms with Crippen LogP contribution in [0.1, 0.15) is 49.9 Å². The van der Waals surface area contributed by atoms with E-state index in [-0.39, 0.29) is 28.7 Å². The molecule has 1 atom stereocenters. The van der Waals surface area contributed by atoms with E-state index in [1.54, 1.807) is 0 Å². The highest BCUT2D eigenvalue weighted by molar-refractivity contribution is 7.89. The van der Waals surface area contributed by atoms with E-state index in [4.69, 9.17) is 0 Å². The molecule has 2 heterocycles. The Morgan fingerprint density at radius 1 is 1.13 bits per heavy atom. The molecule has 0 spiro atoms.